The molecule has 0 amide bonds. The molecule has 0 unspecified atom stereocenters. The van der Waals surface area contributed by atoms with Gasteiger partial charge in [-0.15, -0.1) is 0 Å². The predicted octanol–water partition coefficient (Wildman–Crippen LogP) is 1.57. The molecule has 0 fully saturated rings. The summed E-state index contributed by atoms with van der Waals surface area (Å²) in [5.74, 6) is 0.782. The van der Waals surface area contributed by atoms with Crippen LogP contribution in [0.25, 0.3) is 5.69 Å². The van der Waals surface area contributed by atoms with Crippen LogP contribution in [0, 0.1) is 6.92 Å². The first kappa shape index (κ1) is 14.2. The highest BCUT2D eigenvalue weighted by Crippen LogP contribution is 2.15. The van der Waals surface area contributed by atoms with Crippen LogP contribution in [0.3, 0.4) is 0 Å². The van der Waals surface area contributed by atoms with Crippen LogP contribution < -0.4 is 15.9 Å². The zero-order valence-electron chi connectivity index (χ0n) is 11.3. The van der Waals surface area contributed by atoms with Gasteiger partial charge in [0, 0.05) is 11.8 Å². The second kappa shape index (κ2) is 5.83. The maximum absolute atomic E-state index is 11.7. The number of aryl methyl sites for hydroxylation is 1. The Morgan fingerprint density at radius 3 is 2.60 bits per heavy atom. The summed E-state index contributed by atoms with van der Waals surface area (Å²) < 4.78 is 7.02. The molecule has 0 bridgehead atoms. The van der Waals surface area contributed by atoms with E-state index in [4.69, 9.17) is 22.7 Å². The Bertz CT molecular complexity index is 693. The lowest BCUT2D eigenvalue weighted by Gasteiger charge is -2.11. The molecule has 104 valence electrons. The van der Waals surface area contributed by atoms with Crippen LogP contribution in [-0.2, 0) is 0 Å². The first-order valence-electron chi connectivity index (χ1n) is 6.17. The zero-order valence-corrected chi connectivity index (χ0v) is 12.1. The second-order valence-electron chi connectivity index (χ2n) is 4.20. The third-order valence-electron chi connectivity index (χ3n) is 2.73. The predicted molar refractivity (Wildman–Crippen MR) is 81.6 cm³/mol. The lowest BCUT2D eigenvalue weighted by Crippen LogP contribution is -2.26. The Labute approximate surface area is 122 Å². The van der Waals surface area contributed by atoms with Crippen LogP contribution in [0.5, 0.6) is 5.75 Å². The van der Waals surface area contributed by atoms with Crippen LogP contribution in [0.2, 0.25) is 0 Å². The standard InChI is InChI=1S/C14H15N3O2S/c1-3-19-11-6-4-10(5-7-11)17-9(2)8-12(18)13(16-17)14(15)20/h4-8H,3H2,1-2H3,(H2,15,20). The van der Waals surface area contributed by atoms with Crippen molar-refractivity contribution in [3.63, 3.8) is 0 Å². The van der Waals surface area contributed by atoms with E-state index in [1.165, 1.54) is 6.07 Å². The van der Waals surface area contributed by atoms with Gasteiger partial charge in [0.2, 0.25) is 5.43 Å². The fraction of sp³-hybridized carbons (Fsp3) is 0.214. The number of hydrogen-bond acceptors (Lipinski definition) is 4. The fourth-order valence-electron chi connectivity index (χ4n) is 1.83. The highest BCUT2D eigenvalue weighted by atomic mass is 32.1. The number of ether oxygens (including phenoxy) is 1. The van der Waals surface area contributed by atoms with Gasteiger partial charge in [-0.1, -0.05) is 12.2 Å². The summed E-state index contributed by atoms with van der Waals surface area (Å²) >= 11 is 4.84. The van der Waals surface area contributed by atoms with Crippen molar-refractivity contribution in [2.45, 2.75) is 13.8 Å². The zero-order chi connectivity index (χ0) is 14.7. The van der Waals surface area contributed by atoms with E-state index in [2.05, 4.69) is 5.10 Å². The minimum absolute atomic E-state index is 0.00492. The molecule has 1 aromatic carbocycles. The molecule has 1 aromatic heterocycles. The normalized spacial score (nSPS) is 10.3. The highest BCUT2D eigenvalue weighted by Gasteiger charge is 2.09. The van der Waals surface area contributed by atoms with Gasteiger partial charge in [0.05, 0.1) is 12.3 Å². The molecule has 2 N–H and O–H groups in total. The van der Waals surface area contributed by atoms with E-state index < -0.39 is 0 Å². The summed E-state index contributed by atoms with van der Waals surface area (Å²) in [5.41, 5.74) is 6.86. The Hall–Kier alpha value is -2.21. The van der Waals surface area contributed by atoms with Gasteiger partial charge >= 0.3 is 0 Å². The Morgan fingerprint density at radius 2 is 2.05 bits per heavy atom. The van der Waals surface area contributed by atoms with E-state index in [0.717, 1.165) is 11.4 Å². The molecule has 0 spiro atoms. The molecule has 0 saturated carbocycles. The third-order valence-corrected chi connectivity index (χ3v) is 2.93. The monoisotopic (exact) mass is 289 g/mol. The van der Waals surface area contributed by atoms with Gasteiger partial charge in [0.25, 0.3) is 0 Å². The summed E-state index contributed by atoms with van der Waals surface area (Å²) in [4.78, 5) is 11.7. The molecule has 0 aliphatic heterocycles. The van der Waals surface area contributed by atoms with Crippen molar-refractivity contribution < 1.29 is 4.74 Å². The third kappa shape index (κ3) is 2.85. The largest absolute Gasteiger partial charge is 0.494 e. The van der Waals surface area contributed by atoms with E-state index in [1.54, 1.807) is 11.6 Å². The van der Waals surface area contributed by atoms with Gasteiger partial charge in [-0.2, -0.15) is 5.10 Å². The fourth-order valence-corrected chi connectivity index (χ4v) is 1.97. The van der Waals surface area contributed by atoms with E-state index >= 15 is 0 Å². The first-order chi connectivity index (χ1) is 9.52. The molecule has 0 saturated heterocycles. The maximum Gasteiger partial charge on any atom is 0.210 e. The van der Waals surface area contributed by atoms with Crippen molar-refractivity contribution in [2.75, 3.05) is 6.61 Å². The SMILES string of the molecule is CCOc1ccc(-n2nc(C(N)=S)c(=O)cc2C)cc1. The van der Waals surface area contributed by atoms with Crippen LogP contribution >= 0.6 is 12.2 Å². The summed E-state index contributed by atoms with van der Waals surface area (Å²) in [5, 5.41) is 4.21. The number of rotatable bonds is 4. The lowest BCUT2D eigenvalue weighted by molar-refractivity contribution is 0.340. The number of aromatic nitrogens is 2. The molecule has 0 aliphatic rings. The Kier molecular flexibility index (Phi) is 4.14. The summed E-state index contributed by atoms with van der Waals surface area (Å²) in [6.07, 6.45) is 0. The van der Waals surface area contributed by atoms with Gasteiger partial charge in [-0.3, -0.25) is 4.79 Å². The minimum Gasteiger partial charge on any atom is -0.494 e. The number of hydrogen-bond donors (Lipinski definition) is 1. The van der Waals surface area contributed by atoms with Crippen molar-refractivity contribution in [3.8, 4) is 11.4 Å². The van der Waals surface area contributed by atoms with E-state index in [1.807, 2.05) is 31.2 Å². The molecular weight excluding hydrogens is 274 g/mol. The lowest BCUT2D eigenvalue weighted by atomic mass is 10.2. The van der Waals surface area contributed by atoms with Crippen LogP contribution in [-0.4, -0.2) is 21.4 Å². The molecule has 5 nitrogen and oxygen atoms in total. The van der Waals surface area contributed by atoms with Gasteiger partial charge in [-0.05, 0) is 38.1 Å². The molecule has 2 aromatic rings. The first-order valence-corrected chi connectivity index (χ1v) is 6.57. The Balaban J connectivity index is 2.49. The van der Waals surface area contributed by atoms with Crippen molar-refractivity contribution in [1.82, 2.24) is 9.78 Å². The summed E-state index contributed by atoms with van der Waals surface area (Å²) in [6.45, 7) is 4.34. The van der Waals surface area contributed by atoms with Gasteiger partial charge < -0.3 is 10.5 Å². The van der Waals surface area contributed by atoms with E-state index in [-0.39, 0.29) is 16.1 Å². The number of thiocarbonyl (C=S) groups is 1. The molecule has 0 aliphatic carbocycles. The molecule has 20 heavy (non-hydrogen) atoms. The number of nitrogens with two attached hydrogens (primary N) is 1. The Morgan fingerprint density at radius 1 is 1.40 bits per heavy atom. The van der Waals surface area contributed by atoms with E-state index in [9.17, 15) is 4.79 Å². The topological polar surface area (TPSA) is 70.1 Å². The molecule has 0 atom stereocenters. The maximum atomic E-state index is 11.7. The van der Waals surface area contributed by atoms with Gasteiger partial charge in [0.1, 0.15) is 10.7 Å². The summed E-state index contributed by atoms with van der Waals surface area (Å²) in [7, 11) is 0. The summed E-state index contributed by atoms with van der Waals surface area (Å²) in [6, 6.07) is 8.88. The van der Waals surface area contributed by atoms with Gasteiger partial charge in [0.15, 0.2) is 5.69 Å². The van der Waals surface area contributed by atoms with Crippen molar-refractivity contribution >= 4 is 17.2 Å². The highest BCUT2D eigenvalue weighted by molar-refractivity contribution is 7.80. The molecule has 1 heterocycles. The smallest absolute Gasteiger partial charge is 0.210 e. The molecule has 6 heteroatoms. The van der Waals surface area contributed by atoms with Gasteiger partial charge in [-0.25, -0.2) is 4.68 Å². The van der Waals surface area contributed by atoms with Crippen molar-refractivity contribution in [1.29, 1.82) is 0 Å². The van der Waals surface area contributed by atoms with Crippen molar-refractivity contribution in [2.24, 2.45) is 5.73 Å². The van der Waals surface area contributed by atoms with Crippen LogP contribution in [0.1, 0.15) is 18.3 Å². The molecule has 0 radical (unpaired) electrons. The van der Waals surface area contributed by atoms with Crippen molar-refractivity contribution in [3.05, 3.63) is 51.9 Å². The average molecular weight is 289 g/mol. The number of benzene rings is 1. The minimum atomic E-state index is -0.266. The van der Waals surface area contributed by atoms with E-state index in [0.29, 0.717) is 12.3 Å². The number of nitrogens with zero attached hydrogens (tertiary/aromatic N) is 2. The molecule has 2 rings (SSSR count). The van der Waals surface area contributed by atoms with Crippen LogP contribution in [0.4, 0.5) is 0 Å². The molecular formula is C14H15N3O2S. The second-order valence-corrected chi connectivity index (χ2v) is 4.64. The quantitative estimate of drug-likeness (QED) is 0.865. The van der Waals surface area contributed by atoms with Crippen LogP contribution in [0.15, 0.2) is 35.1 Å². The average Bonchev–Trinajstić information content (AvgIpc) is 2.40.